The van der Waals surface area contributed by atoms with Crippen molar-refractivity contribution >= 4 is 29.9 Å². The van der Waals surface area contributed by atoms with Crippen molar-refractivity contribution in [1.82, 2.24) is 15.5 Å². The van der Waals surface area contributed by atoms with Gasteiger partial charge in [-0.15, -0.1) is 24.0 Å². The summed E-state index contributed by atoms with van der Waals surface area (Å²) >= 11 is 0. The molecule has 6 nitrogen and oxygen atoms in total. The number of nitrogens with zero attached hydrogens (tertiary/aromatic N) is 2. The molecule has 1 aromatic carbocycles. The van der Waals surface area contributed by atoms with Crippen LogP contribution < -0.4 is 10.6 Å². The number of aliphatic imine (C=N–C) groups is 1. The van der Waals surface area contributed by atoms with Gasteiger partial charge in [0.2, 0.25) is 0 Å². The lowest BCUT2D eigenvalue weighted by Gasteiger charge is -2.27. The van der Waals surface area contributed by atoms with Crippen LogP contribution in [-0.4, -0.2) is 63.0 Å². The third kappa shape index (κ3) is 7.81. The van der Waals surface area contributed by atoms with Crippen LogP contribution in [0.1, 0.15) is 30.9 Å². The third-order valence-corrected chi connectivity index (χ3v) is 4.82. The first-order chi connectivity index (χ1) is 13.0. The molecule has 1 aliphatic rings. The van der Waals surface area contributed by atoms with Crippen LogP contribution in [0.4, 0.5) is 4.39 Å². The van der Waals surface area contributed by atoms with Gasteiger partial charge in [-0.1, -0.05) is 6.07 Å². The molecule has 1 heterocycles. The molecule has 0 amide bonds. The second-order valence-electron chi connectivity index (χ2n) is 7.49. The highest BCUT2D eigenvalue weighted by Crippen LogP contribution is 2.31. The van der Waals surface area contributed by atoms with Gasteiger partial charge in [-0.2, -0.15) is 0 Å². The lowest BCUT2D eigenvalue weighted by molar-refractivity contribution is 0.127. The number of rotatable bonds is 9. The highest BCUT2D eigenvalue weighted by Gasteiger charge is 2.34. The number of hydrogen-bond acceptors (Lipinski definition) is 4. The molecule has 0 radical (unpaired) electrons. The van der Waals surface area contributed by atoms with Gasteiger partial charge in [-0.3, -0.25) is 0 Å². The zero-order chi connectivity index (χ0) is 19.7. The molecule has 0 aromatic heterocycles. The Morgan fingerprint density at radius 2 is 2.14 bits per heavy atom. The molecule has 0 saturated carbocycles. The maximum Gasteiger partial charge on any atom is 0.191 e. The Morgan fingerprint density at radius 3 is 2.75 bits per heavy atom. The molecule has 160 valence electrons. The summed E-state index contributed by atoms with van der Waals surface area (Å²) < 4.78 is 19.5. The summed E-state index contributed by atoms with van der Waals surface area (Å²) in [7, 11) is 3.85. The van der Waals surface area contributed by atoms with Crippen molar-refractivity contribution in [3.8, 4) is 0 Å². The van der Waals surface area contributed by atoms with Crippen molar-refractivity contribution in [3.05, 3.63) is 35.1 Å². The molecular weight excluding hydrogens is 474 g/mol. The van der Waals surface area contributed by atoms with Crippen LogP contribution in [0.5, 0.6) is 0 Å². The van der Waals surface area contributed by atoms with Crippen LogP contribution in [0.25, 0.3) is 0 Å². The molecule has 2 rings (SSSR count). The number of nitrogens with one attached hydrogen (secondary N) is 2. The molecule has 1 aliphatic heterocycles. The summed E-state index contributed by atoms with van der Waals surface area (Å²) in [5.41, 5.74) is 1.61. The fourth-order valence-electron chi connectivity index (χ4n) is 3.28. The van der Waals surface area contributed by atoms with Gasteiger partial charge < -0.3 is 25.4 Å². The number of ether oxygens (including phenoxy) is 1. The van der Waals surface area contributed by atoms with Crippen molar-refractivity contribution in [2.75, 3.05) is 47.0 Å². The van der Waals surface area contributed by atoms with E-state index in [9.17, 15) is 9.50 Å². The maximum atomic E-state index is 13.9. The van der Waals surface area contributed by atoms with Crippen molar-refractivity contribution in [3.63, 3.8) is 0 Å². The Balaban J connectivity index is 0.00000392. The van der Waals surface area contributed by atoms with Crippen molar-refractivity contribution < 1.29 is 14.2 Å². The van der Waals surface area contributed by atoms with Gasteiger partial charge in [-0.05, 0) is 51.6 Å². The van der Waals surface area contributed by atoms with Gasteiger partial charge in [0.05, 0.1) is 13.2 Å². The Labute approximate surface area is 185 Å². The minimum absolute atomic E-state index is 0. The van der Waals surface area contributed by atoms with Crippen molar-refractivity contribution in [2.45, 2.75) is 32.9 Å². The first kappa shape index (κ1) is 25.1. The zero-order valence-corrected chi connectivity index (χ0v) is 19.5. The van der Waals surface area contributed by atoms with Crippen LogP contribution >= 0.6 is 24.0 Å². The van der Waals surface area contributed by atoms with Gasteiger partial charge in [0.1, 0.15) is 5.82 Å². The summed E-state index contributed by atoms with van der Waals surface area (Å²) in [6, 6.07) is 5.16. The van der Waals surface area contributed by atoms with Crippen LogP contribution in [0, 0.1) is 11.2 Å². The van der Waals surface area contributed by atoms with E-state index < -0.39 is 0 Å². The highest BCUT2D eigenvalue weighted by atomic mass is 127. The van der Waals surface area contributed by atoms with Crippen LogP contribution in [0.15, 0.2) is 23.2 Å². The number of benzene rings is 1. The van der Waals surface area contributed by atoms with E-state index in [2.05, 4.69) is 15.6 Å². The molecular formula is C20H34FIN4O2. The summed E-state index contributed by atoms with van der Waals surface area (Å²) in [4.78, 5) is 6.59. The molecule has 1 atom stereocenters. The van der Waals surface area contributed by atoms with E-state index in [-0.39, 0.29) is 41.8 Å². The monoisotopic (exact) mass is 508 g/mol. The molecule has 1 unspecified atom stereocenters. The Morgan fingerprint density at radius 1 is 1.36 bits per heavy atom. The second kappa shape index (κ2) is 12.6. The minimum Gasteiger partial charge on any atom is -0.396 e. The first-order valence-electron chi connectivity index (χ1n) is 9.61. The zero-order valence-electron chi connectivity index (χ0n) is 17.1. The second-order valence-corrected chi connectivity index (χ2v) is 7.49. The summed E-state index contributed by atoms with van der Waals surface area (Å²) in [6.07, 6.45) is 1.65. The largest absolute Gasteiger partial charge is 0.396 e. The number of aliphatic hydroxyl groups is 1. The normalized spacial score (nSPS) is 19.6. The molecule has 3 N–H and O–H groups in total. The molecule has 1 aromatic rings. The van der Waals surface area contributed by atoms with E-state index in [4.69, 9.17) is 4.74 Å². The smallest absolute Gasteiger partial charge is 0.191 e. The lowest BCUT2D eigenvalue weighted by atomic mass is 9.84. The topological polar surface area (TPSA) is 69.1 Å². The average Bonchev–Trinajstić information content (AvgIpc) is 3.08. The molecule has 0 spiro atoms. The molecule has 8 heteroatoms. The predicted molar refractivity (Wildman–Crippen MR) is 122 cm³/mol. The number of guanidine groups is 1. The van der Waals surface area contributed by atoms with Crippen molar-refractivity contribution in [2.24, 2.45) is 10.4 Å². The number of aliphatic hydroxyl groups excluding tert-OH is 1. The predicted octanol–water partition coefficient (Wildman–Crippen LogP) is 2.35. The number of halogens is 2. The molecule has 1 fully saturated rings. The van der Waals surface area contributed by atoms with E-state index in [0.717, 1.165) is 31.1 Å². The molecule has 1 saturated heterocycles. The van der Waals surface area contributed by atoms with Gasteiger partial charge in [-0.25, -0.2) is 9.38 Å². The quantitative estimate of drug-likeness (QED) is 0.272. The van der Waals surface area contributed by atoms with E-state index in [1.54, 1.807) is 6.07 Å². The fourth-order valence-corrected chi connectivity index (χ4v) is 3.28. The fraction of sp³-hybridized carbons (Fsp3) is 0.650. The minimum atomic E-state index is -0.186. The van der Waals surface area contributed by atoms with Gasteiger partial charge in [0, 0.05) is 43.8 Å². The van der Waals surface area contributed by atoms with E-state index >= 15 is 0 Å². The van der Waals surface area contributed by atoms with E-state index in [1.807, 2.05) is 32.0 Å². The van der Waals surface area contributed by atoms with Gasteiger partial charge >= 0.3 is 0 Å². The molecule has 0 bridgehead atoms. The van der Waals surface area contributed by atoms with Gasteiger partial charge in [0.25, 0.3) is 0 Å². The highest BCUT2D eigenvalue weighted by molar-refractivity contribution is 14.0. The van der Waals surface area contributed by atoms with Crippen LogP contribution in [0.3, 0.4) is 0 Å². The van der Waals surface area contributed by atoms with Crippen LogP contribution in [-0.2, 0) is 17.8 Å². The Bertz CT molecular complexity index is 622. The maximum absolute atomic E-state index is 13.9. The lowest BCUT2D eigenvalue weighted by Crippen LogP contribution is -2.44. The molecule has 0 aliphatic carbocycles. The Kier molecular flexibility index (Phi) is 11.2. The summed E-state index contributed by atoms with van der Waals surface area (Å²) in [5.74, 6) is 0.536. The van der Waals surface area contributed by atoms with Crippen LogP contribution in [0.2, 0.25) is 0 Å². The van der Waals surface area contributed by atoms with E-state index in [0.29, 0.717) is 38.2 Å². The first-order valence-corrected chi connectivity index (χ1v) is 9.61. The average molecular weight is 508 g/mol. The Hall–Kier alpha value is -0.970. The number of hydrogen-bond donors (Lipinski definition) is 3. The SMILES string of the molecule is CCNC(=NCc1ccc(F)c(CN(C)C)c1)NCC1(CCO)CCOC1.I. The van der Waals surface area contributed by atoms with Crippen molar-refractivity contribution in [1.29, 1.82) is 0 Å². The molecule has 28 heavy (non-hydrogen) atoms. The van der Waals surface area contributed by atoms with E-state index in [1.165, 1.54) is 6.07 Å². The third-order valence-electron chi connectivity index (χ3n) is 4.82. The van der Waals surface area contributed by atoms with Gasteiger partial charge in [0.15, 0.2) is 5.96 Å². The standard InChI is InChI=1S/C20H33FN4O2.HI/c1-4-22-19(24-14-20(7-9-26)8-10-27-15-20)23-12-16-5-6-18(21)17(11-16)13-25(2)3;/h5-6,11,26H,4,7-10,12-15H2,1-3H3,(H2,22,23,24);1H. The summed E-state index contributed by atoms with van der Waals surface area (Å²) in [5, 5.41) is 16.0. The summed E-state index contributed by atoms with van der Waals surface area (Å²) in [6.45, 7) is 6.06.